The van der Waals surface area contributed by atoms with E-state index in [9.17, 15) is 4.39 Å². The van der Waals surface area contributed by atoms with Crippen LogP contribution in [0, 0.1) is 5.82 Å². The molecule has 0 amide bonds. The number of benzene rings is 1. The summed E-state index contributed by atoms with van der Waals surface area (Å²) >= 11 is 3.12. The van der Waals surface area contributed by atoms with Crippen molar-refractivity contribution in [2.45, 2.75) is 45.8 Å². The Bertz CT molecular complexity index is 395. The Hall–Kier alpha value is -0.610. The molecule has 0 radical (unpaired) electrons. The Morgan fingerprint density at radius 3 is 2.67 bits per heavy atom. The van der Waals surface area contributed by atoms with Crippen LogP contribution in [0.3, 0.4) is 0 Å². The molecule has 0 aliphatic rings. The van der Waals surface area contributed by atoms with E-state index in [0.29, 0.717) is 10.2 Å². The topological polar surface area (TPSA) is 21.3 Å². The highest BCUT2D eigenvalue weighted by Gasteiger charge is 2.15. The fourth-order valence-electron chi connectivity index (χ4n) is 1.37. The molecule has 18 heavy (non-hydrogen) atoms. The molecule has 0 spiro atoms. The second-order valence-corrected chi connectivity index (χ2v) is 5.98. The van der Waals surface area contributed by atoms with Crippen LogP contribution in [0.25, 0.3) is 0 Å². The Balaban J connectivity index is 2.49. The third kappa shape index (κ3) is 4.94. The molecule has 0 saturated carbocycles. The maximum absolute atomic E-state index is 13.3. The lowest BCUT2D eigenvalue weighted by Crippen LogP contribution is -2.43. The summed E-state index contributed by atoms with van der Waals surface area (Å²) in [5, 5.41) is 3.43. The van der Waals surface area contributed by atoms with Gasteiger partial charge in [-0.25, -0.2) is 4.39 Å². The Labute approximate surface area is 117 Å². The number of hydrogen-bond donors (Lipinski definition) is 1. The maximum Gasteiger partial charge on any atom is 0.141 e. The highest BCUT2D eigenvalue weighted by Crippen LogP contribution is 2.21. The van der Waals surface area contributed by atoms with Crippen LogP contribution in [0.4, 0.5) is 4.39 Å². The van der Waals surface area contributed by atoms with Gasteiger partial charge in [-0.3, -0.25) is 0 Å². The standard InChI is InChI=1S/C14H21BrFNO/c1-5-14(3,4)17-9-10(2)18-11-6-7-12(15)13(16)8-11/h6-8,10,17H,5,9H2,1-4H3. The van der Waals surface area contributed by atoms with Gasteiger partial charge in [0.2, 0.25) is 0 Å². The van der Waals surface area contributed by atoms with Gasteiger partial charge < -0.3 is 10.1 Å². The van der Waals surface area contributed by atoms with Crippen LogP contribution in [0.5, 0.6) is 5.75 Å². The number of nitrogens with one attached hydrogen (secondary N) is 1. The van der Waals surface area contributed by atoms with Gasteiger partial charge in [0.05, 0.1) is 4.47 Å². The van der Waals surface area contributed by atoms with Gasteiger partial charge in [0.15, 0.2) is 0 Å². The van der Waals surface area contributed by atoms with E-state index in [4.69, 9.17) is 4.74 Å². The quantitative estimate of drug-likeness (QED) is 0.851. The Morgan fingerprint density at radius 2 is 2.11 bits per heavy atom. The zero-order chi connectivity index (χ0) is 13.8. The SMILES string of the molecule is CCC(C)(C)NCC(C)Oc1ccc(Br)c(F)c1. The smallest absolute Gasteiger partial charge is 0.141 e. The summed E-state index contributed by atoms with van der Waals surface area (Å²) < 4.78 is 19.4. The van der Waals surface area contributed by atoms with Gasteiger partial charge in [-0.2, -0.15) is 0 Å². The van der Waals surface area contributed by atoms with Crippen LogP contribution in [-0.2, 0) is 0 Å². The van der Waals surface area contributed by atoms with Gasteiger partial charge in [-0.1, -0.05) is 6.92 Å². The van der Waals surface area contributed by atoms with Gasteiger partial charge in [0.25, 0.3) is 0 Å². The first-order valence-corrected chi connectivity index (χ1v) is 7.00. The van der Waals surface area contributed by atoms with E-state index in [1.54, 1.807) is 12.1 Å². The molecule has 0 saturated heterocycles. The van der Waals surface area contributed by atoms with E-state index in [0.717, 1.165) is 13.0 Å². The Kier molecular flexibility index (Phi) is 5.60. The molecular formula is C14H21BrFNO. The van der Waals surface area contributed by atoms with E-state index >= 15 is 0 Å². The van der Waals surface area contributed by atoms with Crippen molar-refractivity contribution in [1.82, 2.24) is 5.32 Å². The largest absolute Gasteiger partial charge is 0.489 e. The first kappa shape index (κ1) is 15.4. The van der Waals surface area contributed by atoms with Crippen LogP contribution >= 0.6 is 15.9 Å². The summed E-state index contributed by atoms with van der Waals surface area (Å²) in [6, 6.07) is 4.81. The average molecular weight is 318 g/mol. The Morgan fingerprint density at radius 1 is 1.44 bits per heavy atom. The number of hydrogen-bond acceptors (Lipinski definition) is 2. The molecule has 0 aromatic heterocycles. The molecule has 1 rings (SSSR count). The average Bonchev–Trinajstić information content (AvgIpc) is 2.32. The molecule has 2 nitrogen and oxygen atoms in total. The monoisotopic (exact) mass is 317 g/mol. The molecule has 0 aliphatic carbocycles. The van der Waals surface area contributed by atoms with Crippen LogP contribution in [-0.4, -0.2) is 18.2 Å². The summed E-state index contributed by atoms with van der Waals surface area (Å²) in [6.07, 6.45) is 1.04. The zero-order valence-corrected chi connectivity index (χ0v) is 13.0. The minimum atomic E-state index is -0.304. The van der Waals surface area contributed by atoms with Crippen LogP contribution in [0.2, 0.25) is 0 Å². The van der Waals surface area contributed by atoms with Crippen molar-refractivity contribution >= 4 is 15.9 Å². The van der Waals surface area contributed by atoms with Crippen LogP contribution < -0.4 is 10.1 Å². The molecule has 1 N–H and O–H groups in total. The van der Waals surface area contributed by atoms with Crippen molar-refractivity contribution in [2.75, 3.05) is 6.54 Å². The molecule has 1 atom stereocenters. The highest BCUT2D eigenvalue weighted by atomic mass is 79.9. The van der Waals surface area contributed by atoms with Crippen molar-refractivity contribution in [3.63, 3.8) is 0 Å². The molecule has 1 aromatic rings. The van der Waals surface area contributed by atoms with Crippen molar-refractivity contribution in [2.24, 2.45) is 0 Å². The molecule has 0 fully saturated rings. The van der Waals surface area contributed by atoms with Gasteiger partial charge in [0.1, 0.15) is 17.7 Å². The zero-order valence-electron chi connectivity index (χ0n) is 11.4. The van der Waals surface area contributed by atoms with Crippen molar-refractivity contribution in [1.29, 1.82) is 0 Å². The number of ether oxygens (including phenoxy) is 1. The molecule has 4 heteroatoms. The lowest BCUT2D eigenvalue weighted by atomic mass is 10.0. The van der Waals surface area contributed by atoms with Gasteiger partial charge in [-0.15, -0.1) is 0 Å². The molecule has 102 valence electrons. The molecule has 0 aliphatic heterocycles. The van der Waals surface area contributed by atoms with E-state index in [-0.39, 0.29) is 17.5 Å². The van der Waals surface area contributed by atoms with E-state index < -0.39 is 0 Å². The van der Waals surface area contributed by atoms with Crippen LogP contribution in [0.1, 0.15) is 34.1 Å². The fourth-order valence-corrected chi connectivity index (χ4v) is 1.62. The molecule has 1 unspecified atom stereocenters. The summed E-state index contributed by atoms with van der Waals surface area (Å²) in [7, 11) is 0. The lowest BCUT2D eigenvalue weighted by Gasteiger charge is -2.27. The molecule has 0 bridgehead atoms. The lowest BCUT2D eigenvalue weighted by molar-refractivity contribution is 0.198. The summed E-state index contributed by atoms with van der Waals surface area (Å²) in [5.74, 6) is 0.251. The van der Waals surface area contributed by atoms with Gasteiger partial charge in [-0.05, 0) is 55.3 Å². The van der Waals surface area contributed by atoms with Gasteiger partial charge >= 0.3 is 0 Å². The minimum absolute atomic E-state index is 0.00333. The maximum atomic E-state index is 13.3. The van der Waals surface area contributed by atoms with Crippen molar-refractivity contribution < 1.29 is 9.13 Å². The fraction of sp³-hybridized carbons (Fsp3) is 0.571. The first-order valence-electron chi connectivity index (χ1n) is 6.21. The summed E-state index contributed by atoms with van der Waals surface area (Å²) in [4.78, 5) is 0. The second kappa shape index (κ2) is 6.53. The third-order valence-electron chi connectivity index (χ3n) is 2.98. The summed E-state index contributed by atoms with van der Waals surface area (Å²) in [6.45, 7) is 9.15. The molecular weight excluding hydrogens is 297 g/mol. The van der Waals surface area contributed by atoms with E-state index in [2.05, 4.69) is 42.0 Å². The van der Waals surface area contributed by atoms with Crippen molar-refractivity contribution in [3.8, 4) is 5.75 Å². The third-order valence-corrected chi connectivity index (χ3v) is 3.62. The summed E-state index contributed by atoms with van der Waals surface area (Å²) in [5.41, 5.74) is 0.0998. The first-order chi connectivity index (χ1) is 8.34. The van der Waals surface area contributed by atoms with Gasteiger partial charge in [0, 0.05) is 18.2 Å². The highest BCUT2D eigenvalue weighted by molar-refractivity contribution is 9.10. The van der Waals surface area contributed by atoms with Crippen molar-refractivity contribution in [3.05, 3.63) is 28.5 Å². The molecule has 0 heterocycles. The second-order valence-electron chi connectivity index (χ2n) is 5.12. The normalized spacial score (nSPS) is 13.4. The number of halogens is 2. The number of rotatable bonds is 6. The van der Waals surface area contributed by atoms with Crippen LogP contribution in [0.15, 0.2) is 22.7 Å². The predicted molar refractivity (Wildman–Crippen MR) is 76.6 cm³/mol. The predicted octanol–water partition coefficient (Wildman–Crippen LogP) is 4.13. The van der Waals surface area contributed by atoms with E-state index in [1.165, 1.54) is 6.07 Å². The minimum Gasteiger partial charge on any atom is -0.489 e. The molecule has 1 aromatic carbocycles. The van der Waals surface area contributed by atoms with E-state index in [1.807, 2.05) is 6.92 Å².